The number of Topliss-reactive ketones (excluding diaryl/α,β-unsaturated/α-hetero) is 1. The Morgan fingerprint density at radius 3 is 2.56 bits per heavy atom. The third-order valence-corrected chi connectivity index (χ3v) is 5.15. The zero-order chi connectivity index (χ0) is 23.6. The highest BCUT2D eigenvalue weighted by Crippen LogP contribution is 2.40. The van der Waals surface area contributed by atoms with Crippen molar-refractivity contribution in [1.29, 1.82) is 0 Å². The highest BCUT2D eigenvalue weighted by atomic mass is 19.1. The second kappa shape index (κ2) is 9.15. The third kappa shape index (κ3) is 4.30. The number of carbonyl (C=O) groups excluding carboxylic acids is 2. The van der Waals surface area contributed by atoms with Crippen LogP contribution in [-0.2, 0) is 9.59 Å². The van der Waals surface area contributed by atoms with Crippen LogP contribution in [0, 0.1) is 15.9 Å². The molecular weight excluding hydrogens is 421 g/mol. The Kier molecular flexibility index (Phi) is 6.54. The molecule has 10 heteroatoms. The van der Waals surface area contributed by atoms with Crippen LogP contribution in [0.15, 0.2) is 48.0 Å². The van der Waals surface area contributed by atoms with Crippen LogP contribution in [0.5, 0.6) is 5.75 Å². The van der Waals surface area contributed by atoms with Crippen molar-refractivity contribution in [2.75, 3.05) is 34.3 Å². The van der Waals surface area contributed by atoms with E-state index in [-0.39, 0.29) is 34.7 Å². The first-order valence-corrected chi connectivity index (χ1v) is 9.67. The number of likely N-dealkylation sites (tertiary alicyclic amines) is 1. The van der Waals surface area contributed by atoms with Gasteiger partial charge in [-0.1, -0.05) is 12.1 Å². The fourth-order valence-corrected chi connectivity index (χ4v) is 3.54. The van der Waals surface area contributed by atoms with Gasteiger partial charge in [0.05, 0.1) is 23.6 Å². The van der Waals surface area contributed by atoms with Crippen LogP contribution in [0.3, 0.4) is 0 Å². The predicted molar refractivity (Wildman–Crippen MR) is 114 cm³/mol. The van der Waals surface area contributed by atoms with Gasteiger partial charge < -0.3 is 19.6 Å². The average molecular weight is 443 g/mol. The van der Waals surface area contributed by atoms with Gasteiger partial charge in [-0.15, -0.1) is 0 Å². The maximum absolute atomic E-state index is 14.2. The lowest BCUT2D eigenvalue weighted by Crippen LogP contribution is -2.35. The molecule has 2 aromatic carbocycles. The molecule has 1 heterocycles. The fourth-order valence-electron chi connectivity index (χ4n) is 3.54. The fraction of sp³-hybridized carbons (Fsp3) is 0.273. The number of amides is 1. The van der Waals surface area contributed by atoms with Gasteiger partial charge in [0.25, 0.3) is 17.4 Å². The van der Waals surface area contributed by atoms with Gasteiger partial charge in [0, 0.05) is 30.8 Å². The number of nitro groups is 1. The van der Waals surface area contributed by atoms with Crippen LogP contribution in [0.25, 0.3) is 5.76 Å². The number of aliphatic hydroxyl groups excluding tert-OH is 1. The van der Waals surface area contributed by atoms with Gasteiger partial charge in [-0.25, -0.2) is 4.39 Å². The van der Waals surface area contributed by atoms with Gasteiger partial charge in [0.2, 0.25) is 0 Å². The summed E-state index contributed by atoms with van der Waals surface area (Å²) in [6, 6.07) is 8.08. The number of non-ortho nitro benzene ring substituents is 1. The average Bonchev–Trinajstić information content (AvgIpc) is 3.01. The molecule has 1 aliphatic rings. The maximum atomic E-state index is 14.2. The molecule has 168 valence electrons. The van der Waals surface area contributed by atoms with Crippen molar-refractivity contribution < 1.29 is 28.7 Å². The summed E-state index contributed by atoms with van der Waals surface area (Å²) >= 11 is 0. The summed E-state index contributed by atoms with van der Waals surface area (Å²) in [6.07, 6.45) is 0. The molecule has 0 aromatic heterocycles. The number of aliphatic hydroxyl groups is 1. The standard InChI is InChI=1S/C22H22FN3O6/c1-24(2)9-10-25-19(13-5-4-6-15(11-13)26(30)31)18(21(28)22(25)29)20(27)14-7-8-17(32-3)16(23)12-14/h4-8,11-12,19,27H,9-10H2,1-3H3/t19-/m0/s1. The van der Waals surface area contributed by atoms with Gasteiger partial charge in [-0.05, 0) is 37.9 Å². The first kappa shape index (κ1) is 22.9. The summed E-state index contributed by atoms with van der Waals surface area (Å²) in [5.41, 5.74) is -0.230. The van der Waals surface area contributed by atoms with Crippen molar-refractivity contribution in [3.8, 4) is 5.75 Å². The number of carbonyl (C=O) groups is 2. The van der Waals surface area contributed by atoms with Crippen LogP contribution in [0.1, 0.15) is 17.2 Å². The summed E-state index contributed by atoms with van der Waals surface area (Å²) in [6.45, 7) is 0.550. The normalized spacial score (nSPS) is 17.8. The zero-order valence-corrected chi connectivity index (χ0v) is 17.7. The minimum atomic E-state index is -1.07. The Labute approximate surface area is 183 Å². The van der Waals surface area contributed by atoms with E-state index in [9.17, 15) is 29.2 Å². The van der Waals surface area contributed by atoms with E-state index in [0.29, 0.717) is 6.54 Å². The monoisotopic (exact) mass is 443 g/mol. The molecule has 1 saturated heterocycles. The number of hydrogen-bond acceptors (Lipinski definition) is 7. The molecule has 0 unspecified atom stereocenters. The van der Waals surface area contributed by atoms with Crippen molar-refractivity contribution in [2.24, 2.45) is 0 Å². The minimum Gasteiger partial charge on any atom is -0.507 e. The first-order valence-electron chi connectivity index (χ1n) is 9.67. The van der Waals surface area contributed by atoms with Crippen molar-refractivity contribution in [1.82, 2.24) is 9.80 Å². The highest BCUT2D eigenvalue weighted by molar-refractivity contribution is 6.46. The topological polar surface area (TPSA) is 113 Å². The Hall–Kier alpha value is -3.79. The van der Waals surface area contributed by atoms with Crippen molar-refractivity contribution in [3.63, 3.8) is 0 Å². The van der Waals surface area contributed by atoms with Gasteiger partial charge in [0.15, 0.2) is 11.6 Å². The highest BCUT2D eigenvalue weighted by Gasteiger charge is 2.46. The number of halogens is 1. The molecule has 32 heavy (non-hydrogen) atoms. The molecule has 0 aliphatic carbocycles. The Balaban J connectivity index is 2.19. The lowest BCUT2D eigenvalue weighted by atomic mass is 9.95. The van der Waals surface area contributed by atoms with Crippen LogP contribution in [-0.4, -0.2) is 65.8 Å². The molecule has 1 fully saturated rings. The van der Waals surface area contributed by atoms with E-state index in [2.05, 4.69) is 0 Å². The van der Waals surface area contributed by atoms with Crippen LogP contribution in [0.2, 0.25) is 0 Å². The number of rotatable bonds is 7. The van der Waals surface area contributed by atoms with E-state index in [0.717, 1.165) is 6.07 Å². The molecule has 0 radical (unpaired) electrons. The van der Waals surface area contributed by atoms with E-state index in [4.69, 9.17) is 4.74 Å². The number of likely N-dealkylation sites (N-methyl/N-ethyl adjacent to an activating group) is 1. The summed E-state index contributed by atoms with van der Waals surface area (Å²) in [7, 11) is 4.87. The van der Waals surface area contributed by atoms with Crippen LogP contribution in [0.4, 0.5) is 10.1 Å². The summed E-state index contributed by atoms with van der Waals surface area (Å²) in [5.74, 6) is -3.19. The second-order valence-electron chi connectivity index (χ2n) is 7.50. The number of nitrogens with zero attached hydrogens (tertiary/aromatic N) is 3. The molecule has 1 aliphatic heterocycles. The molecule has 2 aromatic rings. The number of ether oxygens (including phenoxy) is 1. The molecule has 1 atom stereocenters. The van der Waals surface area contributed by atoms with E-state index >= 15 is 0 Å². The summed E-state index contributed by atoms with van der Waals surface area (Å²) in [4.78, 5) is 39.5. The molecular formula is C22H22FN3O6. The van der Waals surface area contributed by atoms with Crippen molar-refractivity contribution in [3.05, 3.63) is 75.1 Å². The third-order valence-electron chi connectivity index (χ3n) is 5.15. The first-order chi connectivity index (χ1) is 15.1. The number of methoxy groups -OCH3 is 1. The lowest BCUT2D eigenvalue weighted by Gasteiger charge is -2.26. The van der Waals surface area contributed by atoms with Crippen molar-refractivity contribution >= 4 is 23.1 Å². The van der Waals surface area contributed by atoms with Crippen molar-refractivity contribution in [2.45, 2.75) is 6.04 Å². The number of benzene rings is 2. The number of hydrogen-bond donors (Lipinski definition) is 1. The molecule has 0 spiro atoms. The molecule has 0 saturated carbocycles. The maximum Gasteiger partial charge on any atom is 0.295 e. The number of nitro benzene ring substituents is 1. The van der Waals surface area contributed by atoms with Gasteiger partial charge >= 0.3 is 0 Å². The van der Waals surface area contributed by atoms with Gasteiger partial charge in [-0.2, -0.15) is 0 Å². The minimum absolute atomic E-state index is 0.0238. The van der Waals surface area contributed by atoms with E-state index in [1.165, 1.54) is 48.4 Å². The summed E-state index contributed by atoms with van der Waals surface area (Å²) in [5, 5.41) is 22.2. The summed E-state index contributed by atoms with van der Waals surface area (Å²) < 4.78 is 19.1. The van der Waals surface area contributed by atoms with Crippen LogP contribution < -0.4 is 4.74 Å². The van der Waals surface area contributed by atoms with E-state index < -0.39 is 34.2 Å². The van der Waals surface area contributed by atoms with E-state index in [1.807, 2.05) is 4.90 Å². The lowest BCUT2D eigenvalue weighted by molar-refractivity contribution is -0.384. The quantitative estimate of drug-likeness (QED) is 0.230. The van der Waals surface area contributed by atoms with E-state index in [1.54, 1.807) is 14.1 Å². The second-order valence-corrected chi connectivity index (χ2v) is 7.50. The molecule has 1 amide bonds. The Bertz CT molecular complexity index is 1110. The number of ketones is 1. The Morgan fingerprint density at radius 2 is 1.97 bits per heavy atom. The SMILES string of the molecule is COc1ccc(C(O)=C2C(=O)C(=O)N(CCN(C)C)[C@H]2c2cccc([N+](=O)[O-])c2)cc1F. The van der Waals surface area contributed by atoms with Gasteiger partial charge in [0.1, 0.15) is 5.76 Å². The predicted octanol–water partition coefficient (Wildman–Crippen LogP) is 2.73. The molecule has 3 rings (SSSR count). The molecule has 1 N–H and O–H groups in total. The molecule has 0 bridgehead atoms. The van der Waals surface area contributed by atoms with Gasteiger partial charge in [-0.3, -0.25) is 19.7 Å². The Morgan fingerprint density at radius 1 is 1.25 bits per heavy atom. The smallest absolute Gasteiger partial charge is 0.295 e. The molecule has 9 nitrogen and oxygen atoms in total. The largest absolute Gasteiger partial charge is 0.507 e. The van der Waals surface area contributed by atoms with Crippen LogP contribution >= 0.6 is 0 Å². The zero-order valence-electron chi connectivity index (χ0n) is 17.7.